The fourth-order valence-electron chi connectivity index (χ4n) is 1.72. The molecular weight excluding hydrogens is 276 g/mol. The van der Waals surface area contributed by atoms with Gasteiger partial charge in [0.2, 0.25) is 11.8 Å². The minimum absolute atomic E-state index is 0.124. The molecule has 0 aliphatic rings. The first kappa shape index (κ1) is 14.3. The van der Waals surface area contributed by atoms with Crippen LogP contribution in [0.25, 0.3) is 0 Å². The fraction of sp³-hybridized carbons (Fsp3) is 0.200. The first-order valence-corrected chi connectivity index (χ1v) is 6.69. The molecule has 0 aliphatic carbocycles. The van der Waals surface area contributed by atoms with Crippen molar-refractivity contribution >= 4 is 23.2 Å². The van der Waals surface area contributed by atoms with E-state index in [1.165, 1.54) is 0 Å². The number of nitrogens with zero attached hydrogens (tertiary/aromatic N) is 1. The summed E-state index contributed by atoms with van der Waals surface area (Å²) in [6.45, 7) is 2.37. The summed E-state index contributed by atoms with van der Waals surface area (Å²) < 4.78 is 5.36. The molecule has 0 spiro atoms. The Morgan fingerprint density at radius 2 is 2.05 bits per heavy atom. The molecule has 4 nitrogen and oxygen atoms in total. The lowest BCUT2D eigenvalue weighted by Gasteiger charge is -2.10. The zero-order chi connectivity index (χ0) is 14.4. The van der Waals surface area contributed by atoms with Crippen LogP contribution in [0.4, 0.5) is 5.69 Å². The predicted octanol–water partition coefficient (Wildman–Crippen LogP) is 3.31. The average molecular weight is 291 g/mol. The summed E-state index contributed by atoms with van der Waals surface area (Å²) in [6, 6.07) is 10.7. The van der Waals surface area contributed by atoms with Gasteiger partial charge in [-0.25, -0.2) is 4.98 Å². The molecule has 2 aromatic rings. The van der Waals surface area contributed by atoms with E-state index in [9.17, 15) is 4.79 Å². The van der Waals surface area contributed by atoms with Crippen LogP contribution in [0.2, 0.25) is 5.02 Å². The van der Waals surface area contributed by atoms with E-state index in [1.54, 1.807) is 30.5 Å². The molecule has 0 bridgehead atoms. The third kappa shape index (κ3) is 3.96. The van der Waals surface area contributed by atoms with E-state index >= 15 is 0 Å². The van der Waals surface area contributed by atoms with E-state index in [2.05, 4.69) is 10.3 Å². The number of carbonyl (C=O) groups is 1. The number of hydrogen-bond acceptors (Lipinski definition) is 3. The Kier molecular flexibility index (Phi) is 4.96. The Morgan fingerprint density at radius 3 is 2.75 bits per heavy atom. The molecule has 1 aromatic carbocycles. The minimum Gasteiger partial charge on any atom is -0.476 e. The Bertz CT molecular complexity index is 585. The maximum absolute atomic E-state index is 12.0. The van der Waals surface area contributed by atoms with Crippen molar-refractivity contribution in [2.24, 2.45) is 0 Å². The summed E-state index contributed by atoms with van der Waals surface area (Å²) in [6.07, 6.45) is 1.90. The topological polar surface area (TPSA) is 51.2 Å². The summed E-state index contributed by atoms with van der Waals surface area (Å²) in [5, 5.41) is 3.45. The van der Waals surface area contributed by atoms with Gasteiger partial charge in [0.1, 0.15) is 5.69 Å². The molecule has 104 valence electrons. The van der Waals surface area contributed by atoms with Gasteiger partial charge in [-0.1, -0.05) is 23.7 Å². The first-order valence-electron chi connectivity index (χ1n) is 6.31. The minimum atomic E-state index is -0.124. The average Bonchev–Trinajstić information content (AvgIpc) is 2.44. The zero-order valence-corrected chi connectivity index (χ0v) is 11.9. The van der Waals surface area contributed by atoms with Gasteiger partial charge in [-0.15, -0.1) is 0 Å². The van der Waals surface area contributed by atoms with Gasteiger partial charge in [0.25, 0.3) is 0 Å². The first-order chi connectivity index (χ1) is 9.69. The quantitative estimate of drug-likeness (QED) is 0.919. The van der Waals surface area contributed by atoms with E-state index in [0.29, 0.717) is 23.2 Å². The Morgan fingerprint density at radius 1 is 1.30 bits per heavy atom. The van der Waals surface area contributed by atoms with Gasteiger partial charge < -0.3 is 10.1 Å². The molecule has 0 saturated carbocycles. The van der Waals surface area contributed by atoms with E-state index in [-0.39, 0.29) is 12.3 Å². The monoisotopic (exact) mass is 290 g/mol. The van der Waals surface area contributed by atoms with Gasteiger partial charge in [-0.3, -0.25) is 4.79 Å². The van der Waals surface area contributed by atoms with Crippen LogP contribution < -0.4 is 10.1 Å². The lowest BCUT2D eigenvalue weighted by Crippen LogP contribution is -2.15. The SMILES string of the molecule is CCOc1ncccc1NC(=O)Cc1ccc(Cl)cc1. The summed E-state index contributed by atoms with van der Waals surface area (Å²) in [5.41, 5.74) is 1.47. The fourth-order valence-corrected chi connectivity index (χ4v) is 1.85. The van der Waals surface area contributed by atoms with Crippen molar-refractivity contribution in [1.82, 2.24) is 4.98 Å². The molecule has 0 radical (unpaired) electrons. The number of halogens is 1. The highest BCUT2D eigenvalue weighted by atomic mass is 35.5. The normalized spacial score (nSPS) is 10.1. The zero-order valence-electron chi connectivity index (χ0n) is 11.1. The number of anilines is 1. The van der Waals surface area contributed by atoms with Crippen molar-refractivity contribution < 1.29 is 9.53 Å². The molecule has 0 atom stereocenters. The molecule has 1 aromatic heterocycles. The highest BCUT2D eigenvalue weighted by Gasteiger charge is 2.09. The predicted molar refractivity (Wildman–Crippen MR) is 79.2 cm³/mol. The number of ether oxygens (including phenoxy) is 1. The summed E-state index contributed by atoms with van der Waals surface area (Å²) in [4.78, 5) is 16.1. The van der Waals surface area contributed by atoms with Crippen molar-refractivity contribution in [3.63, 3.8) is 0 Å². The maximum Gasteiger partial charge on any atom is 0.237 e. The Hall–Kier alpha value is -2.07. The number of pyridine rings is 1. The largest absolute Gasteiger partial charge is 0.476 e. The van der Waals surface area contributed by atoms with E-state index in [0.717, 1.165) is 5.56 Å². The van der Waals surface area contributed by atoms with E-state index in [1.807, 2.05) is 19.1 Å². The number of amides is 1. The number of nitrogens with one attached hydrogen (secondary N) is 1. The molecule has 0 fully saturated rings. The standard InChI is InChI=1S/C15H15ClN2O2/c1-2-20-15-13(4-3-9-17-15)18-14(19)10-11-5-7-12(16)8-6-11/h3-9H,2,10H2,1H3,(H,18,19). The lowest BCUT2D eigenvalue weighted by atomic mass is 10.1. The Balaban J connectivity index is 2.02. The van der Waals surface area contributed by atoms with Crippen LogP contribution in [0, 0.1) is 0 Å². The summed E-state index contributed by atoms with van der Waals surface area (Å²) >= 11 is 5.81. The van der Waals surface area contributed by atoms with Gasteiger partial charge in [0.15, 0.2) is 0 Å². The second-order valence-corrected chi connectivity index (χ2v) is 4.58. The highest BCUT2D eigenvalue weighted by molar-refractivity contribution is 6.30. The van der Waals surface area contributed by atoms with Crippen LogP contribution in [0.15, 0.2) is 42.6 Å². The van der Waals surface area contributed by atoms with Crippen LogP contribution in [0.5, 0.6) is 5.88 Å². The van der Waals surface area contributed by atoms with Gasteiger partial charge in [0.05, 0.1) is 13.0 Å². The molecule has 1 amide bonds. The summed E-state index contributed by atoms with van der Waals surface area (Å²) in [5.74, 6) is 0.306. The summed E-state index contributed by atoms with van der Waals surface area (Å²) in [7, 11) is 0. The van der Waals surface area contributed by atoms with Crippen LogP contribution in [0.3, 0.4) is 0 Å². The molecule has 2 rings (SSSR count). The van der Waals surface area contributed by atoms with Gasteiger partial charge in [0, 0.05) is 11.2 Å². The molecule has 0 saturated heterocycles. The molecule has 20 heavy (non-hydrogen) atoms. The van der Waals surface area contributed by atoms with E-state index < -0.39 is 0 Å². The van der Waals surface area contributed by atoms with Crippen LogP contribution in [-0.2, 0) is 11.2 Å². The Labute approximate surface area is 122 Å². The number of benzene rings is 1. The molecule has 1 heterocycles. The third-order valence-corrected chi connectivity index (χ3v) is 2.86. The lowest BCUT2D eigenvalue weighted by molar-refractivity contribution is -0.115. The maximum atomic E-state index is 12.0. The molecule has 0 unspecified atom stereocenters. The number of aromatic nitrogens is 1. The molecule has 0 aliphatic heterocycles. The number of carbonyl (C=O) groups excluding carboxylic acids is 1. The van der Waals surface area contributed by atoms with Gasteiger partial charge in [-0.2, -0.15) is 0 Å². The molecule has 1 N–H and O–H groups in total. The second kappa shape index (κ2) is 6.91. The van der Waals surface area contributed by atoms with Crippen LogP contribution in [0.1, 0.15) is 12.5 Å². The van der Waals surface area contributed by atoms with Gasteiger partial charge in [-0.05, 0) is 36.8 Å². The molecule has 5 heteroatoms. The van der Waals surface area contributed by atoms with E-state index in [4.69, 9.17) is 16.3 Å². The smallest absolute Gasteiger partial charge is 0.237 e. The van der Waals surface area contributed by atoms with Gasteiger partial charge >= 0.3 is 0 Å². The van der Waals surface area contributed by atoms with Crippen molar-refractivity contribution in [1.29, 1.82) is 0 Å². The highest BCUT2D eigenvalue weighted by Crippen LogP contribution is 2.20. The van der Waals surface area contributed by atoms with Crippen molar-refractivity contribution in [2.45, 2.75) is 13.3 Å². The van der Waals surface area contributed by atoms with Crippen molar-refractivity contribution in [3.05, 3.63) is 53.2 Å². The van der Waals surface area contributed by atoms with Crippen LogP contribution >= 0.6 is 11.6 Å². The number of hydrogen-bond donors (Lipinski definition) is 1. The number of rotatable bonds is 5. The third-order valence-electron chi connectivity index (χ3n) is 2.60. The van der Waals surface area contributed by atoms with Crippen molar-refractivity contribution in [2.75, 3.05) is 11.9 Å². The molecular formula is C15H15ClN2O2. The van der Waals surface area contributed by atoms with Crippen LogP contribution in [-0.4, -0.2) is 17.5 Å². The second-order valence-electron chi connectivity index (χ2n) is 4.14. The van der Waals surface area contributed by atoms with Crippen molar-refractivity contribution in [3.8, 4) is 5.88 Å².